The zero-order valence-corrected chi connectivity index (χ0v) is 18.6. The Kier molecular flexibility index (Phi) is 12.1. The lowest BCUT2D eigenvalue weighted by atomic mass is 10.2. The molecule has 0 atom stereocenters. The van der Waals surface area contributed by atoms with Crippen LogP contribution in [-0.4, -0.2) is 20.1 Å². The lowest BCUT2D eigenvalue weighted by Crippen LogP contribution is -2.03. The van der Waals surface area contributed by atoms with Crippen molar-refractivity contribution in [3.63, 3.8) is 0 Å². The zero-order valence-electron chi connectivity index (χ0n) is 18.6. The molecule has 158 valence electrons. The molecule has 2 rings (SSSR count). The molecule has 0 fully saturated rings. The second-order valence-corrected chi connectivity index (χ2v) is 6.71. The first-order chi connectivity index (χ1) is 14.5. The van der Waals surface area contributed by atoms with E-state index in [9.17, 15) is 0 Å². The van der Waals surface area contributed by atoms with E-state index in [1.807, 2.05) is 60.7 Å². The summed E-state index contributed by atoms with van der Waals surface area (Å²) in [6, 6.07) is 9.80. The average Bonchev–Trinajstić information content (AvgIpc) is 3.05. The molecule has 0 heterocycles. The van der Waals surface area contributed by atoms with E-state index in [0.29, 0.717) is 11.6 Å². The summed E-state index contributed by atoms with van der Waals surface area (Å²) in [5, 5.41) is 0. The normalized spacial score (nSPS) is 12.9. The third-order valence-corrected chi connectivity index (χ3v) is 4.00. The molecule has 1 aliphatic rings. The largest absolute Gasteiger partial charge is 0.497 e. The van der Waals surface area contributed by atoms with Crippen LogP contribution in [0.5, 0.6) is 0 Å². The highest BCUT2D eigenvalue weighted by molar-refractivity contribution is 5.94. The Morgan fingerprint density at radius 3 is 2.43 bits per heavy atom. The molecule has 0 radical (unpaired) electrons. The minimum absolute atomic E-state index is 0.581. The van der Waals surface area contributed by atoms with Gasteiger partial charge in [0, 0.05) is 11.1 Å². The van der Waals surface area contributed by atoms with E-state index in [4.69, 9.17) is 9.47 Å². The molecule has 1 aromatic rings. The molecule has 0 unspecified atom stereocenters. The van der Waals surface area contributed by atoms with Crippen molar-refractivity contribution in [3.05, 3.63) is 120 Å². The lowest BCUT2D eigenvalue weighted by molar-refractivity contribution is 0.304. The van der Waals surface area contributed by atoms with Gasteiger partial charge in [-0.05, 0) is 44.9 Å². The quantitative estimate of drug-likeness (QED) is 0.160. The highest BCUT2D eigenvalue weighted by Gasteiger charge is 2.01. The molecule has 0 aliphatic heterocycles. The van der Waals surface area contributed by atoms with Crippen LogP contribution in [0.25, 0.3) is 0 Å². The van der Waals surface area contributed by atoms with Crippen molar-refractivity contribution in [2.24, 2.45) is 4.99 Å². The topological polar surface area (TPSA) is 30.8 Å². The van der Waals surface area contributed by atoms with Gasteiger partial charge in [0.2, 0.25) is 5.90 Å². The maximum absolute atomic E-state index is 5.29. The zero-order chi connectivity index (χ0) is 22.2. The lowest BCUT2D eigenvalue weighted by Gasteiger charge is -2.04. The van der Waals surface area contributed by atoms with Gasteiger partial charge in [-0.25, -0.2) is 4.99 Å². The van der Waals surface area contributed by atoms with E-state index in [2.05, 4.69) is 50.2 Å². The number of methoxy groups -OCH3 is 2. The summed E-state index contributed by atoms with van der Waals surface area (Å²) in [4.78, 5) is 4.37. The molecule has 0 spiro atoms. The number of rotatable bonds is 7. The van der Waals surface area contributed by atoms with Crippen molar-refractivity contribution < 1.29 is 9.47 Å². The van der Waals surface area contributed by atoms with Gasteiger partial charge in [-0.15, -0.1) is 0 Å². The van der Waals surface area contributed by atoms with Crippen LogP contribution in [0.1, 0.15) is 32.3 Å². The Morgan fingerprint density at radius 1 is 1.07 bits per heavy atom. The van der Waals surface area contributed by atoms with Gasteiger partial charge in [-0.1, -0.05) is 79.5 Å². The predicted molar refractivity (Wildman–Crippen MR) is 129 cm³/mol. The van der Waals surface area contributed by atoms with E-state index >= 15 is 0 Å². The molecular weight excluding hydrogens is 370 g/mol. The van der Waals surface area contributed by atoms with Crippen LogP contribution in [0.15, 0.2) is 120 Å². The third kappa shape index (κ3) is 10.3. The number of nitrogens with zero attached hydrogens (tertiary/aromatic N) is 1. The number of benzene rings is 1. The number of ether oxygens (including phenoxy) is 2. The highest BCUT2D eigenvalue weighted by Crippen LogP contribution is 2.13. The van der Waals surface area contributed by atoms with Crippen molar-refractivity contribution in [1.82, 2.24) is 0 Å². The summed E-state index contributed by atoms with van der Waals surface area (Å²) < 4.78 is 10.3. The molecule has 1 aliphatic carbocycles. The molecular formula is C27H33NO2. The molecule has 30 heavy (non-hydrogen) atoms. The molecule has 0 amide bonds. The van der Waals surface area contributed by atoms with Gasteiger partial charge in [0.1, 0.15) is 5.76 Å². The van der Waals surface area contributed by atoms with E-state index < -0.39 is 0 Å². The summed E-state index contributed by atoms with van der Waals surface area (Å²) >= 11 is 0. The summed E-state index contributed by atoms with van der Waals surface area (Å²) in [6.07, 6.45) is 18.1. The van der Waals surface area contributed by atoms with E-state index in [0.717, 1.165) is 29.7 Å². The number of hydrogen-bond acceptors (Lipinski definition) is 3. The first kappa shape index (κ1) is 24.7. The molecule has 3 nitrogen and oxygen atoms in total. The summed E-state index contributed by atoms with van der Waals surface area (Å²) in [6.45, 7) is 11.8. The summed E-state index contributed by atoms with van der Waals surface area (Å²) in [5.74, 6) is 1.31. The monoisotopic (exact) mass is 403 g/mol. The average molecular weight is 404 g/mol. The Bertz CT molecular complexity index is 861. The van der Waals surface area contributed by atoms with Gasteiger partial charge < -0.3 is 9.47 Å². The molecule has 0 saturated heterocycles. The van der Waals surface area contributed by atoms with Crippen molar-refractivity contribution in [1.29, 1.82) is 0 Å². The van der Waals surface area contributed by atoms with E-state index in [1.165, 1.54) is 5.57 Å². The molecule has 0 aromatic heterocycles. The first-order valence-corrected chi connectivity index (χ1v) is 9.91. The Balaban J connectivity index is 0.000000346. The Hall–Kier alpha value is -3.33. The van der Waals surface area contributed by atoms with Crippen LogP contribution < -0.4 is 0 Å². The van der Waals surface area contributed by atoms with Gasteiger partial charge >= 0.3 is 0 Å². The minimum Gasteiger partial charge on any atom is -0.497 e. The molecule has 1 aromatic carbocycles. The van der Waals surface area contributed by atoms with Crippen molar-refractivity contribution in [2.75, 3.05) is 14.2 Å². The fourth-order valence-electron chi connectivity index (χ4n) is 2.39. The van der Waals surface area contributed by atoms with Crippen molar-refractivity contribution in [3.8, 4) is 0 Å². The maximum atomic E-state index is 5.29. The number of hydrogen-bond donors (Lipinski definition) is 0. The summed E-state index contributed by atoms with van der Waals surface area (Å²) in [5.41, 5.74) is 4.00. The van der Waals surface area contributed by atoms with E-state index in [1.54, 1.807) is 14.2 Å². The minimum atomic E-state index is 0.581. The predicted octanol–water partition coefficient (Wildman–Crippen LogP) is 7.09. The molecule has 3 heteroatoms. The van der Waals surface area contributed by atoms with Crippen LogP contribution >= 0.6 is 0 Å². The van der Waals surface area contributed by atoms with Crippen LogP contribution in [0.4, 0.5) is 0 Å². The Morgan fingerprint density at radius 2 is 1.80 bits per heavy atom. The first-order valence-electron chi connectivity index (χ1n) is 9.91. The van der Waals surface area contributed by atoms with Crippen LogP contribution in [0.2, 0.25) is 0 Å². The molecule has 0 N–H and O–H groups in total. The smallest absolute Gasteiger partial charge is 0.220 e. The number of allylic oxidation sites excluding steroid dienone is 9. The van der Waals surface area contributed by atoms with Gasteiger partial charge in [0.05, 0.1) is 19.9 Å². The van der Waals surface area contributed by atoms with Crippen LogP contribution in [-0.2, 0) is 9.47 Å². The second-order valence-electron chi connectivity index (χ2n) is 6.71. The third-order valence-electron chi connectivity index (χ3n) is 4.00. The second kappa shape index (κ2) is 14.6. The van der Waals surface area contributed by atoms with Crippen molar-refractivity contribution in [2.45, 2.75) is 26.7 Å². The molecule has 0 bridgehead atoms. The van der Waals surface area contributed by atoms with Gasteiger partial charge in [0.25, 0.3) is 0 Å². The van der Waals surface area contributed by atoms with Crippen molar-refractivity contribution >= 4 is 5.90 Å². The van der Waals surface area contributed by atoms with Crippen LogP contribution in [0.3, 0.4) is 0 Å². The van der Waals surface area contributed by atoms with Gasteiger partial charge in [-0.2, -0.15) is 0 Å². The Labute approximate surface area is 181 Å². The molecule has 0 saturated carbocycles. The highest BCUT2D eigenvalue weighted by atomic mass is 16.5. The fourth-order valence-corrected chi connectivity index (χ4v) is 2.39. The maximum Gasteiger partial charge on any atom is 0.220 e. The summed E-state index contributed by atoms with van der Waals surface area (Å²) in [7, 11) is 3.25. The van der Waals surface area contributed by atoms with Gasteiger partial charge in [-0.3, -0.25) is 0 Å². The van der Waals surface area contributed by atoms with Gasteiger partial charge in [0.15, 0.2) is 0 Å². The van der Waals surface area contributed by atoms with E-state index in [-0.39, 0.29) is 0 Å². The van der Waals surface area contributed by atoms with Crippen LogP contribution in [0, 0.1) is 0 Å². The standard InChI is InChI=1S/C17H21NO.C10H12O/c1-14(2)10-8-9-11-15(3)18-17(19-4)16-12-6-5-7-13-16;1-9(11-2)10-7-5-3-4-6-8-10/h5-7,9-13H,3,8H2,1-2,4H3;3-5,7-8H,1,6H2,2H3. The number of aliphatic imine (C=N–C) groups is 1. The SMILES string of the molecule is C=C(C=CCC=C(C)C)N=C(OC)c1ccccc1.C=C(OC)C1=CCC=CC=C1. The fraction of sp³-hybridized carbons (Fsp3) is 0.222.